The number of nitrogens with zero attached hydrogens (tertiary/aromatic N) is 1. The monoisotopic (exact) mass is 215 g/mol. The van der Waals surface area contributed by atoms with Crippen molar-refractivity contribution in [2.24, 2.45) is 0 Å². The van der Waals surface area contributed by atoms with Gasteiger partial charge in [-0.05, 0) is 12.0 Å². The average molecular weight is 215 g/mol. The topological polar surface area (TPSA) is 40.7 Å². The van der Waals surface area contributed by atoms with Crippen molar-refractivity contribution >= 4 is 0 Å². The first-order valence-corrected chi connectivity index (χ1v) is 5.66. The Balaban J connectivity index is 1.96. The molecule has 16 heavy (non-hydrogen) atoms. The third kappa shape index (κ3) is 2.70. The molecule has 0 fully saturated rings. The first-order valence-electron chi connectivity index (χ1n) is 5.66. The highest BCUT2D eigenvalue weighted by molar-refractivity contribution is 5.18. The van der Waals surface area contributed by atoms with E-state index in [1.54, 1.807) is 6.20 Å². The Hall–Kier alpha value is -1.61. The van der Waals surface area contributed by atoms with Crippen LogP contribution in [0, 0.1) is 0 Å². The van der Waals surface area contributed by atoms with Crippen LogP contribution in [0.25, 0.3) is 0 Å². The predicted molar refractivity (Wildman–Crippen MR) is 64.9 cm³/mol. The summed E-state index contributed by atoms with van der Waals surface area (Å²) in [4.78, 5) is 7.29. The number of hydrogen-bond acceptors (Lipinski definition) is 2. The highest BCUT2D eigenvalue weighted by Gasteiger charge is 2.07. The highest BCUT2D eigenvalue weighted by Crippen LogP contribution is 2.15. The fraction of sp³-hybridized carbons (Fsp3) is 0.308. The van der Waals surface area contributed by atoms with Crippen molar-refractivity contribution in [2.75, 3.05) is 0 Å². The molecular weight excluding hydrogens is 198 g/mol. The molecule has 1 unspecified atom stereocenters. The fourth-order valence-corrected chi connectivity index (χ4v) is 1.80. The van der Waals surface area contributed by atoms with Crippen LogP contribution in [0.5, 0.6) is 0 Å². The lowest BCUT2D eigenvalue weighted by Gasteiger charge is -2.16. The number of nitrogens with one attached hydrogen (secondary N) is 2. The van der Waals surface area contributed by atoms with Gasteiger partial charge in [0.15, 0.2) is 0 Å². The molecule has 0 radical (unpaired) electrons. The maximum absolute atomic E-state index is 4.20. The molecule has 1 atom stereocenters. The zero-order chi connectivity index (χ0) is 11.2. The average Bonchev–Trinajstić information content (AvgIpc) is 2.84. The van der Waals surface area contributed by atoms with E-state index in [-0.39, 0.29) is 0 Å². The van der Waals surface area contributed by atoms with Crippen LogP contribution in [-0.2, 0) is 6.54 Å². The number of rotatable bonds is 5. The van der Waals surface area contributed by atoms with E-state index >= 15 is 0 Å². The van der Waals surface area contributed by atoms with Gasteiger partial charge >= 0.3 is 0 Å². The molecular formula is C13H17N3. The van der Waals surface area contributed by atoms with Crippen molar-refractivity contribution in [3.05, 3.63) is 54.1 Å². The van der Waals surface area contributed by atoms with E-state index < -0.39 is 0 Å². The lowest BCUT2D eigenvalue weighted by atomic mass is 10.0. The van der Waals surface area contributed by atoms with Gasteiger partial charge in [-0.15, -0.1) is 0 Å². The second kappa shape index (κ2) is 5.47. The minimum Gasteiger partial charge on any atom is -0.348 e. The van der Waals surface area contributed by atoms with Crippen molar-refractivity contribution in [1.29, 1.82) is 0 Å². The minimum absolute atomic E-state index is 0.395. The fourth-order valence-electron chi connectivity index (χ4n) is 1.80. The third-order valence-electron chi connectivity index (χ3n) is 2.68. The molecule has 0 amide bonds. The summed E-state index contributed by atoms with van der Waals surface area (Å²) >= 11 is 0. The van der Waals surface area contributed by atoms with Crippen LogP contribution in [0.3, 0.4) is 0 Å². The molecule has 0 spiro atoms. The number of aromatic nitrogens is 2. The molecule has 0 aliphatic rings. The van der Waals surface area contributed by atoms with E-state index in [1.165, 1.54) is 5.56 Å². The second-order valence-corrected chi connectivity index (χ2v) is 3.79. The predicted octanol–water partition coefficient (Wildman–Crippen LogP) is 2.65. The Morgan fingerprint density at radius 3 is 2.75 bits per heavy atom. The van der Waals surface area contributed by atoms with Gasteiger partial charge in [0.2, 0.25) is 0 Å². The summed E-state index contributed by atoms with van der Waals surface area (Å²) < 4.78 is 0. The van der Waals surface area contributed by atoms with E-state index in [9.17, 15) is 0 Å². The van der Waals surface area contributed by atoms with Crippen LogP contribution in [0.1, 0.15) is 30.8 Å². The van der Waals surface area contributed by atoms with Crippen LogP contribution in [0.2, 0.25) is 0 Å². The standard InChI is InChI=1S/C13H17N3/c1-2-12(11-6-4-3-5-7-11)16-10-13-14-8-9-15-13/h3-9,12,16H,2,10H2,1H3,(H,14,15). The maximum atomic E-state index is 4.20. The molecule has 1 aromatic heterocycles. The van der Waals surface area contributed by atoms with E-state index in [4.69, 9.17) is 0 Å². The van der Waals surface area contributed by atoms with Gasteiger partial charge < -0.3 is 10.3 Å². The largest absolute Gasteiger partial charge is 0.348 e. The summed E-state index contributed by atoms with van der Waals surface area (Å²) in [5.74, 6) is 0.981. The lowest BCUT2D eigenvalue weighted by Crippen LogP contribution is -2.20. The van der Waals surface area contributed by atoms with Crippen LogP contribution in [0.4, 0.5) is 0 Å². The van der Waals surface area contributed by atoms with Gasteiger partial charge in [-0.3, -0.25) is 0 Å². The molecule has 0 saturated heterocycles. The lowest BCUT2D eigenvalue weighted by molar-refractivity contribution is 0.510. The molecule has 3 heteroatoms. The molecule has 0 saturated carbocycles. The zero-order valence-electron chi connectivity index (χ0n) is 9.48. The van der Waals surface area contributed by atoms with E-state index in [1.807, 2.05) is 12.3 Å². The molecule has 3 nitrogen and oxygen atoms in total. The normalized spacial score (nSPS) is 12.6. The zero-order valence-corrected chi connectivity index (χ0v) is 9.48. The van der Waals surface area contributed by atoms with E-state index in [2.05, 4.69) is 46.5 Å². The number of imidazole rings is 1. The first-order chi connectivity index (χ1) is 7.90. The van der Waals surface area contributed by atoms with Crippen molar-refractivity contribution in [2.45, 2.75) is 25.9 Å². The molecule has 2 rings (SSSR count). The third-order valence-corrected chi connectivity index (χ3v) is 2.68. The van der Waals surface area contributed by atoms with Gasteiger partial charge in [-0.25, -0.2) is 4.98 Å². The molecule has 2 aromatic rings. The Morgan fingerprint density at radius 2 is 2.12 bits per heavy atom. The summed E-state index contributed by atoms with van der Waals surface area (Å²) in [6.45, 7) is 2.97. The number of aromatic amines is 1. The van der Waals surface area contributed by atoms with Crippen molar-refractivity contribution in [3.63, 3.8) is 0 Å². The number of benzene rings is 1. The van der Waals surface area contributed by atoms with E-state index in [0.29, 0.717) is 6.04 Å². The summed E-state index contributed by atoms with van der Waals surface area (Å²) in [6, 6.07) is 10.9. The van der Waals surface area contributed by atoms with E-state index in [0.717, 1.165) is 18.8 Å². The van der Waals surface area contributed by atoms with Crippen LogP contribution >= 0.6 is 0 Å². The van der Waals surface area contributed by atoms with Crippen molar-refractivity contribution < 1.29 is 0 Å². The molecule has 1 aromatic carbocycles. The highest BCUT2D eigenvalue weighted by atomic mass is 15.0. The Labute approximate surface area is 95.9 Å². The Kier molecular flexibility index (Phi) is 3.72. The van der Waals surface area contributed by atoms with Crippen molar-refractivity contribution in [3.8, 4) is 0 Å². The van der Waals surface area contributed by atoms with Crippen LogP contribution < -0.4 is 5.32 Å². The smallest absolute Gasteiger partial charge is 0.120 e. The summed E-state index contributed by atoms with van der Waals surface area (Å²) in [5.41, 5.74) is 1.33. The summed E-state index contributed by atoms with van der Waals surface area (Å²) in [6.07, 6.45) is 4.70. The molecule has 0 bridgehead atoms. The molecule has 1 heterocycles. The van der Waals surface area contributed by atoms with Gasteiger partial charge in [-0.2, -0.15) is 0 Å². The van der Waals surface area contributed by atoms with Gasteiger partial charge in [0.1, 0.15) is 5.82 Å². The molecule has 0 aliphatic carbocycles. The van der Waals surface area contributed by atoms with Gasteiger partial charge in [0.05, 0.1) is 6.54 Å². The summed E-state index contributed by atoms with van der Waals surface area (Å²) in [5, 5.41) is 3.49. The van der Waals surface area contributed by atoms with Gasteiger partial charge in [0, 0.05) is 18.4 Å². The molecule has 84 valence electrons. The molecule has 2 N–H and O–H groups in total. The first kappa shape index (κ1) is 10.9. The Bertz CT molecular complexity index is 394. The van der Waals surface area contributed by atoms with Gasteiger partial charge in [-0.1, -0.05) is 37.3 Å². The Morgan fingerprint density at radius 1 is 1.31 bits per heavy atom. The maximum Gasteiger partial charge on any atom is 0.120 e. The quantitative estimate of drug-likeness (QED) is 0.805. The SMILES string of the molecule is CCC(NCc1ncc[nH]1)c1ccccc1. The van der Waals surface area contributed by atoms with Crippen LogP contribution in [0.15, 0.2) is 42.7 Å². The van der Waals surface area contributed by atoms with Crippen molar-refractivity contribution in [1.82, 2.24) is 15.3 Å². The minimum atomic E-state index is 0.395. The summed E-state index contributed by atoms with van der Waals surface area (Å²) in [7, 11) is 0. The number of hydrogen-bond donors (Lipinski definition) is 2. The van der Waals surface area contributed by atoms with Crippen LogP contribution in [-0.4, -0.2) is 9.97 Å². The molecule has 0 aliphatic heterocycles. The van der Waals surface area contributed by atoms with Gasteiger partial charge in [0.25, 0.3) is 0 Å². The second-order valence-electron chi connectivity index (χ2n) is 3.79. The number of H-pyrrole nitrogens is 1.